The minimum Gasteiger partial charge on any atom is -0.346 e. The van der Waals surface area contributed by atoms with Gasteiger partial charge in [0.1, 0.15) is 22.2 Å². The van der Waals surface area contributed by atoms with Gasteiger partial charge < -0.3 is 4.98 Å². The Labute approximate surface area is 131 Å². The monoisotopic (exact) mass is 337 g/mol. The van der Waals surface area contributed by atoms with E-state index in [0.717, 1.165) is 28.7 Å². The van der Waals surface area contributed by atoms with E-state index in [0.29, 0.717) is 12.5 Å². The lowest BCUT2D eigenvalue weighted by Crippen LogP contribution is -2.26. The summed E-state index contributed by atoms with van der Waals surface area (Å²) in [5, 5.41) is 0.902. The third-order valence-corrected chi connectivity index (χ3v) is 4.90. The van der Waals surface area contributed by atoms with Crippen LogP contribution in [0.4, 0.5) is 8.78 Å². The van der Waals surface area contributed by atoms with Gasteiger partial charge >= 0.3 is 0 Å². The zero-order valence-corrected chi connectivity index (χ0v) is 12.7. The molecule has 0 radical (unpaired) electrons. The lowest BCUT2D eigenvalue weighted by molar-refractivity contribution is 0.543. The summed E-state index contributed by atoms with van der Waals surface area (Å²) in [5.74, 6) is -1.94. The van der Waals surface area contributed by atoms with Crippen molar-refractivity contribution in [2.45, 2.75) is 11.3 Å². The lowest BCUT2D eigenvalue weighted by Gasteiger charge is -2.07. The standard InChI is InChI=1S/C15H13F2N3O2S/c16-11-3-4-14(13(17)8-11)23(21,22)20-7-5-10-9-19-15-12(10)2-1-6-18-15/h1-4,6,8-9,20H,5,7H2,(H,18,19). The number of aromatic nitrogens is 2. The van der Waals surface area contributed by atoms with Crippen LogP contribution in [-0.4, -0.2) is 24.9 Å². The van der Waals surface area contributed by atoms with E-state index < -0.39 is 26.6 Å². The second kappa shape index (κ2) is 6.05. The summed E-state index contributed by atoms with van der Waals surface area (Å²) >= 11 is 0. The Kier molecular flexibility index (Phi) is 4.10. The second-order valence-electron chi connectivity index (χ2n) is 4.94. The van der Waals surface area contributed by atoms with Gasteiger partial charge in [0, 0.05) is 30.4 Å². The van der Waals surface area contributed by atoms with Crippen molar-refractivity contribution in [1.29, 1.82) is 0 Å². The van der Waals surface area contributed by atoms with Crippen molar-refractivity contribution in [2.75, 3.05) is 6.54 Å². The van der Waals surface area contributed by atoms with Crippen LogP contribution in [0.15, 0.2) is 47.6 Å². The lowest BCUT2D eigenvalue weighted by atomic mass is 10.2. The Hall–Kier alpha value is -2.32. The number of aromatic amines is 1. The van der Waals surface area contributed by atoms with E-state index in [1.807, 2.05) is 6.07 Å². The van der Waals surface area contributed by atoms with Gasteiger partial charge in [-0.05, 0) is 36.2 Å². The zero-order chi connectivity index (χ0) is 16.4. The van der Waals surface area contributed by atoms with Gasteiger partial charge in [-0.3, -0.25) is 0 Å². The number of benzene rings is 1. The fourth-order valence-corrected chi connectivity index (χ4v) is 3.40. The summed E-state index contributed by atoms with van der Waals surface area (Å²) in [6.45, 7) is 0.0843. The first-order chi connectivity index (χ1) is 11.0. The van der Waals surface area contributed by atoms with Crippen molar-refractivity contribution in [3.05, 3.63) is 59.9 Å². The zero-order valence-electron chi connectivity index (χ0n) is 11.9. The van der Waals surface area contributed by atoms with E-state index in [-0.39, 0.29) is 6.54 Å². The van der Waals surface area contributed by atoms with Crippen LogP contribution in [0.2, 0.25) is 0 Å². The molecule has 0 saturated heterocycles. The van der Waals surface area contributed by atoms with E-state index in [1.54, 1.807) is 18.5 Å². The molecule has 0 atom stereocenters. The number of fused-ring (bicyclic) bond motifs is 1. The summed E-state index contributed by atoms with van der Waals surface area (Å²) in [4.78, 5) is 6.57. The molecule has 0 aliphatic rings. The number of nitrogens with one attached hydrogen (secondary N) is 2. The molecular formula is C15H13F2N3O2S. The van der Waals surface area contributed by atoms with Gasteiger partial charge in [-0.1, -0.05) is 0 Å². The van der Waals surface area contributed by atoms with E-state index in [9.17, 15) is 17.2 Å². The van der Waals surface area contributed by atoms with Gasteiger partial charge in [-0.15, -0.1) is 0 Å². The van der Waals surface area contributed by atoms with Gasteiger partial charge in [0.25, 0.3) is 0 Å². The fraction of sp³-hybridized carbons (Fsp3) is 0.133. The Morgan fingerprint density at radius 1 is 1.22 bits per heavy atom. The van der Waals surface area contributed by atoms with E-state index in [1.165, 1.54) is 0 Å². The first kappa shape index (κ1) is 15.6. The Morgan fingerprint density at radius 2 is 2.04 bits per heavy atom. The predicted octanol–water partition coefficient (Wildman–Crippen LogP) is 2.36. The number of H-pyrrole nitrogens is 1. The van der Waals surface area contributed by atoms with Gasteiger partial charge in [-0.25, -0.2) is 26.9 Å². The van der Waals surface area contributed by atoms with Crippen LogP contribution in [0.1, 0.15) is 5.56 Å². The van der Waals surface area contributed by atoms with Crippen LogP contribution in [0.3, 0.4) is 0 Å². The van der Waals surface area contributed by atoms with Crippen molar-refractivity contribution in [1.82, 2.24) is 14.7 Å². The minimum atomic E-state index is -4.03. The number of pyridine rings is 1. The topological polar surface area (TPSA) is 74.8 Å². The number of nitrogens with zero attached hydrogens (tertiary/aromatic N) is 1. The highest BCUT2D eigenvalue weighted by Gasteiger charge is 2.19. The molecule has 2 heterocycles. The molecule has 0 aliphatic carbocycles. The van der Waals surface area contributed by atoms with Crippen molar-refractivity contribution in [2.24, 2.45) is 0 Å². The van der Waals surface area contributed by atoms with Crippen LogP contribution in [0.5, 0.6) is 0 Å². The molecule has 0 fully saturated rings. The Bertz CT molecular complexity index is 954. The SMILES string of the molecule is O=S(=O)(NCCc1c[nH]c2ncccc12)c1ccc(F)cc1F. The summed E-state index contributed by atoms with van der Waals surface area (Å²) < 4.78 is 52.9. The quantitative estimate of drug-likeness (QED) is 0.750. The normalized spacial score (nSPS) is 11.9. The number of rotatable bonds is 5. The van der Waals surface area contributed by atoms with Crippen LogP contribution in [-0.2, 0) is 16.4 Å². The molecule has 0 spiro atoms. The third-order valence-electron chi connectivity index (χ3n) is 3.41. The third kappa shape index (κ3) is 3.22. The highest BCUT2D eigenvalue weighted by molar-refractivity contribution is 7.89. The maximum absolute atomic E-state index is 13.6. The second-order valence-corrected chi connectivity index (χ2v) is 6.67. The molecule has 0 bridgehead atoms. The van der Waals surface area contributed by atoms with E-state index in [4.69, 9.17) is 0 Å². The van der Waals surface area contributed by atoms with Crippen LogP contribution >= 0.6 is 0 Å². The van der Waals surface area contributed by atoms with Crippen molar-refractivity contribution < 1.29 is 17.2 Å². The largest absolute Gasteiger partial charge is 0.346 e. The predicted molar refractivity (Wildman–Crippen MR) is 81.3 cm³/mol. The molecule has 2 N–H and O–H groups in total. The molecular weight excluding hydrogens is 324 g/mol. The number of halogens is 2. The van der Waals surface area contributed by atoms with E-state index >= 15 is 0 Å². The Morgan fingerprint density at radius 3 is 2.83 bits per heavy atom. The summed E-state index contributed by atoms with van der Waals surface area (Å²) in [6.07, 6.45) is 3.82. The van der Waals surface area contributed by atoms with Gasteiger partial charge in [0.05, 0.1) is 0 Å². The summed E-state index contributed by atoms with van der Waals surface area (Å²) in [6, 6.07) is 6.02. The number of hydrogen-bond donors (Lipinski definition) is 2. The van der Waals surface area contributed by atoms with Crippen molar-refractivity contribution >= 4 is 21.1 Å². The van der Waals surface area contributed by atoms with Gasteiger partial charge in [-0.2, -0.15) is 0 Å². The number of sulfonamides is 1. The first-order valence-electron chi connectivity index (χ1n) is 6.83. The molecule has 8 heteroatoms. The highest BCUT2D eigenvalue weighted by atomic mass is 32.2. The maximum Gasteiger partial charge on any atom is 0.243 e. The van der Waals surface area contributed by atoms with Crippen molar-refractivity contribution in [3.8, 4) is 0 Å². The van der Waals surface area contributed by atoms with Gasteiger partial charge in [0.15, 0.2) is 0 Å². The molecule has 0 saturated carbocycles. The average molecular weight is 337 g/mol. The first-order valence-corrected chi connectivity index (χ1v) is 8.31. The molecule has 3 aromatic rings. The Balaban J connectivity index is 1.72. The molecule has 23 heavy (non-hydrogen) atoms. The smallest absolute Gasteiger partial charge is 0.243 e. The molecule has 0 amide bonds. The average Bonchev–Trinajstić information content (AvgIpc) is 2.90. The molecule has 0 unspecified atom stereocenters. The van der Waals surface area contributed by atoms with Crippen LogP contribution < -0.4 is 4.72 Å². The van der Waals surface area contributed by atoms with Crippen molar-refractivity contribution in [3.63, 3.8) is 0 Å². The molecule has 120 valence electrons. The molecule has 5 nitrogen and oxygen atoms in total. The van der Waals surface area contributed by atoms with Gasteiger partial charge in [0.2, 0.25) is 10.0 Å². The fourth-order valence-electron chi connectivity index (χ4n) is 2.31. The number of hydrogen-bond acceptors (Lipinski definition) is 3. The summed E-state index contributed by atoms with van der Waals surface area (Å²) in [5.41, 5.74) is 1.62. The van der Waals surface area contributed by atoms with Crippen LogP contribution in [0, 0.1) is 11.6 Å². The molecule has 0 aliphatic heterocycles. The van der Waals surface area contributed by atoms with E-state index in [2.05, 4.69) is 14.7 Å². The molecule has 2 aromatic heterocycles. The summed E-state index contributed by atoms with van der Waals surface area (Å²) in [7, 11) is -4.03. The molecule has 1 aromatic carbocycles. The maximum atomic E-state index is 13.6. The highest BCUT2D eigenvalue weighted by Crippen LogP contribution is 2.17. The molecule has 3 rings (SSSR count). The minimum absolute atomic E-state index is 0.0843. The van der Waals surface area contributed by atoms with Crippen LogP contribution in [0.25, 0.3) is 11.0 Å².